The Labute approximate surface area is 139 Å². The molecule has 114 valence electrons. The van der Waals surface area contributed by atoms with Crippen molar-refractivity contribution < 1.29 is 4.79 Å². The van der Waals surface area contributed by atoms with Crippen LogP contribution in [0.1, 0.15) is 38.2 Å². The van der Waals surface area contributed by atoms with Gasteiger partial charge in [-0.1, -0.05) is 13.3 Å². The summed E-state index contributed by atoms with van der Waals surface area (Å²) in [6.07, 6.45) is 4.63. The van der Waals surface area contributed by atoms with E-state index >= 15 is 0 Å². The Kier molecular flexibility index (Phi) is 6.02. The number of benzene rings is 1. The number of amides is 1. The Balaban J connectivity index is 1.83. The average Bonchev–Trinajstić information content (AvgIpc) is 2.45. The van der Waals surface area contributed by atoms with Gasteiger partial charge in [0.05, 0.1) is 6.54 Å². The van der Waals surface area contributed by atoms with Gasteiger partial charge in [-0.15, -0.1) is 0 Å². The molecule has 0 aliphatic heterocycles. The maximum Gasteiger partial charge on any atom is 0.259 e. The van der Waals surface area contributed by atoms with Gasteiger partial charge in [-0.25, -0.2) is 5.43 Å². The number of anilines is 1. The lowest BCUT2D eigenvalue weighted by atomic mass is 9.89. The number of hydrogen-bond donors (Lipinski definition) is 2. The van der Waals surface area contributed by atoms with Crippen molar-refractivity contribution in [3.63, 3.8) is 0 Å². The zero-order chi connectivity index (χ0) is 15.2. The van der Waals surface area contributed by atoms with Gasteiger partial charge in [-0.05, 0) is 78.5 Å². The Morgan fingerprint density at radius 1 is 1.43 bits per heavy atom. The van der Waals surface area contributed by atoms with Crippen LogP contribution in [-0.4, -0.2) is 18.2 Å². The predicted molar refractivity (Wildman–Crippen MR) is 95.6 cm³/mol. The quantitative estimate of drug-likeness (QED) is 0.600. The summed E-state index contributed by atoms with van der Waals surface area (Å²) in [6, 6.07) is 6.11. The molecule has 1 amide bonds. The Morgan fingerprint density at radius 2 is 2.24 bits per heavy atom. The van der Waals surface area contributed by atoms with Gasteiger partial charge in [-0.3, -0.25) is 4.79 Å². The summed E-state index contributed by atoms with van der Waals surface area (Å²) in [5, 5.41) is 7.44. The van der Waals surface area contributed by atoms with E-state index in [2.05, 4.69) is 51.4 Å². The van der Waals surface area contributed by atoms with E-state index in [1.54, 1.807) is 0 Å². The van der Waals surface area contributed by atoms with Crippen molar-refractivity contribution in [3.8, 4) is 0 Å². The highest BCUT2D eigenvalue weighted by molar-refractivity contribution is 14.1. The van der Waals surface area contributed by atoms with Crippen LogP contribution in [0.4, 0.5) is 5.69 Å². The van der Waals surface area contributed by atoms with E-state index in [9.17, 15) is 4.79 Å². The Hall–Kier alpha value is -1.11. The zero-order valence-corrected chi connectivity index (χ0v) is 14.7. The summed E-state index contributed by atoms with van der Waals surface area (Å²) in [6.45, 7) is 4.45. The van der Waals surface area contributed by atoms with Gasteiger partial charge in [0.1, 0.15) is 0 Å². The number of rotatable bonds is 4. The molecule has 1 aliphatic rings. The molecule has 2 rings (SSSR count). The van der Waals surface area contributed by atoms with Crippen LogP contribution >= 0.6 is 22.6 Å². The first-order valence-electron chi connectivity index (χ1n) is 7.41. The van der Waals surface area contributed by atoms with Crippen molar-refractivity contribution >= 4 is 39.9 Å². The fourth-order valence-electron chi connectivity index (χ4n) is 2.51. The molecule has 0 aromatic heterocycles. The molecule has 2 N–H and O–H groups in total. The van der Waals surface area contributed by atoms with E-state index in [1.807, 2.05) is 19.1 Å². The molecule has 0 saturated heterocycles. The van der Waals surface area contributed by atoms with E-state index in [0.717, 1.165) is 23.4 Å². The van der Waals surface area contributed by atoms with Crippen molar-refractivity contribution in [1.29, 1.82) is 0 Å². The van der Waals surface area contributed by atoms with Gasteiger partial charge >= 0.3 is 0 Å². The molecule has 21 heavy (non-hydrogen) atoms. The molecule has 1 aromatic rings. The number of hydrazone groups is 1. The molecule has 0 unspecified atom stereocenters. The molecule has 0 spiro atoms. The fraction of sp³-hybridized carbons (Fsp3) is 0.500. The number of hydrogen-bond acceptors (Lipinski definition) is 3. The topological polar surface area (TPSA) is 53.5 Å². The molecule has 1 aromatic carbocycles. The highest BCUT2D eigenvalue weighted by Crippen LogP contribution is 2.20. The molecule has 0 radical (unpaired) electrons. The lowest BCUT2D eigenvalue weighted by Gasteiger charge is -2.19. The van der Waals surface area contributed by atoms with Crippen LogP contribution in [-0.2, 0) is 4.79 Å². The zero-order valence-electron chi connectivity index (χ0n) is 12.6. The third-order valence-corrected chi connectivity index (χ3v) is 4.51. The molecule has 1 fully saturated rings. The molecule has 1 atom stereocenters. The number of carbonyl (C=O) groups is 1. The van der Waals surface area contributed by atoms with Crippen LogP contribution in [0.15, 0.2) is 23.3 Å². The maximum atomic E-state index is 11.9. The number of carbonyl (C=O) groups excluding carboxylic acids is 1. The molecular weight excluding hydrogens is 377 g/mol. The number of nitrogens with one attached hydrogen (secondary N) is 2. The summed E-state index contributed by atoms with van der Waals surface area (Å²) in [7, 11) is 0. The second kappa shape index (κ2) is 7.77. The van der Waals surface area contributed by atoms with Gasteiger partial charge in [-0.2, -0.15) is 5.10 Å². The second-order valence-corrected chi connectivity index (χ2v) is 6.84. The van der Waals surface area contributed by atoms with Gasteiger partial charge in [0.15, 0.2) is 0 Å². The predicted octanol–water partition coefficient (Wildman–Crippen LogP) is 3.69. The Morgan fingerprint density at radius 3 is 2.95 bits per heavy atom. The van der Waals surface area contributed by atoms with Crippen LogP contribution in [0.3, 0.4) is 0 Å². The van der Waals surface area contributed by atoms with Gasteiger partial charge in [0, 0.05) is 15.0 Å². The van der Waals surface area contributed by atoms with Crippen LogP contribution < -0.4 is 10.7 Å². The second-order valence-electron chi connectivity index (χ2n) is 5.60. The molecule has 0 heterocycles. The van der Waals surface area contributed by atoms with Gasteiger partial charge in [0.25, 0.3) is 5.91 Å². The van der Waals surface area contributed by atoms with Crippen LogP contribution in [0.2, 0.25) is 0 Å². The van der Waals surface area contributed by atoms with Crippen LogP contribution in [0.25, 0.3) is 0 Å². The average molecular weight is 399 g/mol. The SMILES string of the molecule is Cc1cc(I)ccc1NCC(=O)N/N=C1\CCCC[C@@H]1C. The van der Waals surface area contributed by atoms with E-state index in [0.29, 0.717) is 5.92 Å². The van der Waals surface area contributed by atoms with Crippen molar-refractivity contribution in [2.45, 2.75) is 39.5 Å². The molecule has 1 aliphatic carbocycles. The third-order valence-electron chi connectivity index (χ3n) is 3.84. The van der Waals surface area contributed by atoms with Crippen LogP contribution in [0, 0.1) is 16.4 Å². The van der Waals surface area contributed by atoms with Crippen LogP contribution in [0.5, 0.6) is 0 Å². The summed E-state index contributed by atoms with van der Waals surface area (Å²) >= 11 is 2.28. The van der Waals surface area contributed by atoms with Crippen molar-refractivity contribution in [1.82, 2.24) is 5.43 Å². The summed E-state index contributed by atoms with van der Waals surface area (Å²) in [5.41, 5.74) is 5.92. The minimum Gasteiger partial charge on any atom is -0.376 e. The molecule has 4 nitrogen and oxygen atoms in total. The Bertz CT molecular complexity index is 542. The minimum absolute atomic E-state index is 0.0989. The normalized spacial score (nSPS) is 20.3. The number of nitrogens with zero attached hydrogens (tertiary/aromatic N) is 1. The van der Waals surface area contributed by atoms with Crippen molar-refractivity contribution in [2.75, 3.05) is 11.9 Å². The van der Waals surface area contributed by atoms with Gasteiger partial charge < -0.3 is 5.32 Å². The van der Waals surface area contributed by atoms with Gasteiger partial charge in [0.2, 0.25) is 0 Å². The first-order valence-corrected chi connectivity index (χ1v) is 8.49. The van der Waals surface area contributed by atoms with E-state index in [-0.39, 0.29) is 12.5 Å². The first kappa shape index (κ1) is 16.3. The fourth-order valence-corrected chi connectivity index (χ4v) is 3.16. The maximum absolute atomic E-state index is 11.9. The highest BCUT2D eigenvalue weighted by Gasteiger charge is 2.16. The van der Waals surface area contributed by atoms with Crippen molar-refractivity contribution in [2.24, 2.45) is 11.0 Å². The van der Waals surface area contributed by atoms with Crippen molar-refractivity contribution in [3.05, 3.63) is 27.3 Å². The number of halogens is 1. The lowest BCUT2D eigenvalue weighted by Crippen LogP contribution is -2.29. The standard InChI is InChI=1S/C16H22IN3O/c1-11-5-3-4-6-15(11)19-20-16(21)10-18-14-8-7-13(17)9-12(14)2/h7-9,11,18H,3-6,10H2,1-2H3,(H,20,21)/b19-15+/t11-/m0/s1. The summed E-state index contributed by atoms with van der Waals surface area (Å²) < 4.78 is 1.19. The molecule has 0 bridgehead atoms. The highest BCUT2D eigenvalue weighted by atomic mass is 127. The smallest absolute Gasteiger partial charge is 0.259 e. The van der Waals surface area contributed by atoms with E-state index in [4.69, 9.17) is 0 Å². The van der Waals surface area contributed by atoms with E-state index in [1.165, 1.54) is 22.8 Å². The number of aryl methyl sites for hydroxylation is 1. The molecular formula is C16H22IN3O. The third kappa shape index (κ3) is 4.98. The molecule has 5 heteroatoms. The first-order chi connectivity index (χ1) is 10.1. The molecule has 1 saturated carbocycles. The minimum atomic E-state index is -0.0989. The van der Waals surface area contributed by atoms with E-state index < -0.39 is 0 Å². The lowest BCUT2D eigenvalue weighted by molar-refractivity contribution is -0.119. The summed E-state index contributed by atoms with van der Waals surface area (Å²) in [5.74, 6) is 0.392. The largest absolute Gasteiger partial charge is 0.376 e. The summed E-state index contributed by atoms with van der Waals surface area (Å²) in [4.78, 5) is 11.9. The monoisotopic (exact) mass is 399 g/mol.